The summed E-state index contributed by atoms with van der Waals surface area (Å²) < 4.78 is 24.7. The highest BCUT2D eigenvalue weighted by molar-refractivity contribution is 7.11. The smallest absolute Gasteiger partial charge is 0.405 e. The fourth-order valence-electron chi connectivity index (χ4n) is 3.21. The second kappa shape index (κ2) is 4.98. The molecule has 0 bridgehead atoms. The summed E-state index contributed by atoms with van der Waals surface area (Å²) in [7, 11) is -0.991. The van der Waals surface area contributed by atoms with E-state index in [1.54, 1.807) is 0 Å². The lowest BCUT2D eigenvalue weighted by molar-refractivity contribution is -0.0367. The molecule has 1 unspecified atom stereocenters. The van der Waals surface area contributed by atoms with Crippen molar-refractivity contribution in [2.75, 3.05) is 0 Å². The van der Waals surface area contributed by atoms with Gasteiger partial charge in [-0.2, -0.15) is 0 Å². The van der Waals surface area contributed by atoms with Gasteiger partial charge in [-0.3, -0.25) is 0 Å². The summed E-state index contributed by atoms with van der Waals surface area (Å²) in [6.45, 7) is 21.1. The second-order valence-corrected chi connectivity index (χ2v) is 9.71. The van der Waals surface area contributed by atoms with Crippen LogP contribution in [0.15, 0.2) is 0 Å². The maximum Gasteiger partial charge on any atom is 0.488 e. The van der Waals surface area contributed by atoms with Crippen LogP contribution in [0.4, 0.5) is 0 Å². The second-order valence-electron chi connectivity index (χ2n) is 9.71. The average Bonchev–Trinajstić information content (AvgIpc) is 2.56. The Bertz CT molecular complexity index is 426. The average molecular weight is 310 g/mol. The standard InChI is InChI=1S/C16H32B2O4/c1-12(2,3)11-16(10)15(8,9)21-18(22-16)17-19-13(4,5)14(6,7)20-17/h11H2,1-10H3. The molecule has 0 amide bonds. The Hall–Kier alpha value is -0.0301. The summed E-state index contributed by atoms with van der Waals surface area (Å²) in [6.07, 6.45) is 0.906. The number of rotatable bonds is 2. The Kier molecular flexibility index (Phi) is 4.15. The Labute approximate surface area is 136 Å². The zero-order valence-corrected chi connectivity index (χ0v) is 16.0. The summed E-state index contributed by atoms with van der Waals surface area (Å²) in [5, 5.41) is 0. The first-order valence-electron chi connectivity index (χ1n) is 8.30. The molecule has 0 aliphatic carbocycles. The summed E-state index contributed by atoms with van der Waals surface area (Å²) in [5.41, 5.74) is -1.37. The van der Waals surface area contributed by atoms with E-state index < -0.39 is 19.6 Å². The van der Waals surface area contributed by atoms with Crippen LogP contribution in [0.25, 0.3) is 0 Å². The molecule has 0 aromatic rings. The maximum absolute atomic E-state index is 6.34. The monoisotopic (exact) mass is 310 g/mol. The van der Waals surface area contributed by atoms with E-state index in [1.807, 2.05) is 27.7 Å². The van der Waals surface area contributed by atoms with Crippen molar-refractivity contribution in [3.63, 3.8) is 0 Å². The first kappa shape index (κ1) is 18.3. The van der Waals surface area contributed by atoms with Gasteiger partial charge >= 0.3 is 14.0 Å². The highest BCUT2D eigenvalue weighted by Gasteiger charge is 2.65. The van der Waals surface area contributed by atoms with Crippen LogP contribution in [0.1, 0.15) is 75.7 Å². The van der Waals surface area contributed by atoms with Crippen LogP contribution in [-0.4, -0.2) is 36.4 Å². The Morgan fingerprint density at radius 2 is 1.00 bits per heavy atom. The highest BCUT2D eigenvalue weighted by Crippen LogP contribution is 2.47. The van der Waals surface area contributed by atoms with Crippen molar-refractivity contribution in [2.24, 2.45) is 5.41 Å². The predicted octanol–water partition coefficient (Wildman–Crippen LogP) is 3.67. The van der Waals surface area contributed by atoms with Crippen LogP contribution < -0.4 is 0 Å². The summed E-state index contributed by atoms with van der Waals surface area (Å²) in [4.78, 5) is 0. The lowest BCUT2D eigenvalue weighted by Gasteiger charge is -2.40. The molecule has 2 saturated heterocycles. The fourth-order valence-corrected chi connectivity index (χ4v) is 3.21. The fraction of sp³-hybridized carbons (Fsp3) is 1.00. The third-order valence-electron chi connectivity index (χ3n) is 5.42. The van der Waals surface area contributed by atoms with E-state index in [0.717, 1.165) is 6.42 Å². The van der Waals surface area contributed by atoms with Gasteiger partial charge in [-0.25, -0.2) is 0 Å². The van der Waals surface area contributed by atoms with Crippen molar-refractivity contribution < 1.29 is 18.6 Å². The molecule has 0 spiro atoms. The molecule has 0 aromatic carbocycles. The van der Waals surface area contributed by atoms with Gasteiger partial charge in [0.15, 0.2) is 0 Å². The zero-order valence-electron chi connectivity index (χ0n) is 16.0. The molecular weight excluding hydrogens is 278 g/mol. The quantitative estimate of drug-likeness (QED) is 0.729. The molecule has 0 aromatic heterocycles. The van der Waals surface area contributed by atoms with E-state index in [0.29, 0.717) is 0 Å². The molecule has 2 heterocycles. The zero-order chi connectivity index (χ0) is 17.2. The SMILES string of the molecule is CC(C)(C)CC1(C)OB(B2OC(C)(C)C(C)(C)O2)OC1(C)C. The van der Waals surface area contributed by atoms with Crippen molar-refractivity contribution in [1.82, 2.24) is 0 Å². The van der Waals surface area contributed by atoms with Gasteiger partial charge in [0, 0.05) is 0 Å². The van der Waals surface area contributed by atoms with Gasteiger partial charge in [-0.05, 0) is 60.3 Å². The van der Waals surface area contributed by atoms with Gasteiger partial charge < -0.3 is 18.6 Å². The lowest BCUT2D eigenvalue weighted by atomic mass is 9.49. The number of hydrogen-bond donors (Lipinski definition) is 0. The summed E-state index contributed by atoms with van der Waals surface area (Å²) >= 11 is 0. The minimum absolute atomic E-state index is 0.153. The van der Waals surface area contributed by atoms with Crippen LogP contribution in [-0.2, 0) is 18.6 Å². The van der Waals surface area contributed by atoms with Gasteiger partial charge in [0.2, 0.25) is 0 Å². The first-order chi connectivity index (χ1) is 9.59. The highest BCUT2D eigenvalue weighted by atomic mass is 16.7. The van der Waals surface area contributed by atoms with Crippen LogP contribution in [0.5, 0.6) is 0 Å². The van der Waals surface area contributed by atoms with Crippen LogP contribution >= 0.6 is 0 Å². The van der Waals surface area contributed by atoms with Gasteiger partial charge in [0.1, 0.15) is 0 Å². The number of hydrogen-bond acceptors (Lipinski definition) is 4. The van der Waals surface area contributed by atoms with Crippen molar-refractivity contribution in [3.8, 4) is 0 Å². The summed E-state index contributed by atoms with van der Waals surface area (Å²) in [5.74, 6) is 0. The minimum atomic E-state index is -0.497. The molecule has 0 saturated carbocycles. The molecule has 22 heavy (non-hydrogen) atoms. The molecular formula is C16H32B2O4. The molecule has 2 rings (SSSR count). The third kappa shape index (κ3) is 3.12. The normalized spacial score (nSPS) is 33.5. The van der Waals surface area contributed by atoms with Crippen molar-refractivity contribution in [1.29, 1.82) is 0 Å². The largest absolute Gasteiger partial charge is 0.488 e. The van der Waals surface area contributed by atoms with Crippen molar-refractivity contribution in [3.05, 3.63) is 0 Å². The molecule has 1 atom stereocenters. The summed E-state index contributed by atoms with van der Waals surface area (Å²) in [6, 6.07) is 0. The Balaban J connectivity index is 2.17. The molecule has 0 N–H and O–H groups in total. The van der Waals surface area contributed by atoms with Gasteiger partial charge in [0.05, 0.1) is 22.4 Å². The van der Waals surface area contributed by atoms with E-state index >= 15 is 0 Å². The predicted molar refractivity (Wildman–Crippen MR) is 90.6 cm³/mol. The lowest BCUT2D eigenvalue weighted by Crippen LogP contribution is -2.47. The van der Waals surface area contributed by atoms with Crippen molar-refractivity contribution in [2.45, 2.75) is 98.1 Å². The van der Waals surface area contributed by atoms with E-state index in [2.05, 4.69) is 41.5 Å². The van der Waals surface area contributed by atoms with E-state index in [1.165, 1.54) is 0 Å². The molecule has 2 aliphatic rings. The van der Waals surface area contributed by atoms with Crippen LogP contribution in [0, 0.1) is 5.41 Å². The van der Waals surface area contributed by atoms with Crippen LogP contribution in [0.3, 0.4) is 0 Å². The van der Waals surface area contributed by atoms with E-state index in [-0.39, 0.29) is 22.2 Å². The van der Waals surface area contributed by atoms with Crippen LogP contribution in [0.2, 0.25) is 0 Å². The molecule has 4 nitrogen and oxygen atoms in total. The Morgan fingerprint density at radius 3 is 1.41 bits per heavy atom. The molecule has 6 heteroatoms. The third-order valence-corrected chi connectivity index (χ3v) is 5.42. The minimum Gasteiger partial charge on any atom is -0.405 e. The maximum atomic E-state index is 6.34. The van der Waals surface area contributed by atoms with Crippen molar-refractivity contribution >= 4 is 14.0 Å². The van der Waals surface area contributed by atoms with E-state index in [9.17, 15) is 0 Å². The van der Waals surface area contributed by atoms with Gasteiger partial charge in [-0.15, -0.1) is 0 Å². The molecule has 126 valence electrons. The Morgan fingerprint density at radius 1 is 0.636 bits per heavy atom. The molecule has 2 fully saturated rings. The van der Waals surface area contributed by atoms with E-state index in [4.69, 9.17) is 18.6 Å². The first-order valence-corrected chi connectivity index (χ1v) is 8.30. The molecule has 2 aliphatic heterocycles. The van der Waals surface area contributed by atoms with Gasteiger partial charge in [-0.1, -0.05) is 20.8 Å². The topological polar surface area (TPSA) is 36.9 Å². The molecule has 0 radical (unpaired) electrons. The van der Waals surface area contributed by atoms with Gasteiger partial charge in [0.25, 0.3) is 0 Å².